The molecular formula is C13H19N3O2. The monoisotopic (exact) mass is 249 g/mol. The van der Waals surface area contributed by atoms with Gasteiger partial charge in [0.25, 0.3) is 0 Å². The van der Waals surface area contributed by atoms with Gasteiger partial charge in [-0.05, 0) is 26.0 Å². The van der Waals surface area contributed by atoms with Crippen molar-refractivity contribution >= 4 is 11.8 Å². The Bertz CT molecular complexity index is 436. The first-order valence-electron chi connectivity index (χ1n) is 6.17. The van der Waals surface area contributed by atoms with Crippen LogP contribution in [0.4, 0.5) is 5.82 Å². The lowest BCUT2D eigenvalue weighted by atomic mass is 10.1. The van der Waals surface area contributed by atoms with Gasteiger partial charge in [0.2, 0.25) is 0 Å². The lowest BCUT2D eigenvalue weighted by Gasteiger charge is -2.38. The number of pyridine rings is 1. The second kappa shape index (κ2) is 5.35. The highest BCUT2D eigenvalue weighted by Gasteiger charge is 2.27. The third-order valence-corrected chi connectivity index (χ3v) is 3.23. The Balaban J connectivity index is 2.34. The minimum atomic E-state index is -0.337. The van der Waals surface area contributed by atoms with Crippen molar-refractivity contribution in [2.24, 2.45) is 0 Å². The van der Waals surface area contributed by atoms with Gasteiger partial charge in [0.05, 0.1) is 7.11 Å². The number of rotatable bonds is 2. The fraction of sp³-hybridized carbons (Fsp3) is 0.538. The summed E-state index contributed by atoms with van der Waals surface area (Å²) in [6.07, 6.45) is 1.71. The van der Waals surface area contributed by atoms with Crippen LogP contribution in [0.5, 0.6) is 0 Å². The Morgan fingerprint density at radius 2 is 2.33 bits per heavy atom. The van der Waals surface area contributed by atoms with Crippen LogP contribution in [0.15, 0.2) is 18.3 Å². The van der Waals surface area contributed by atoms with E-state index in [4.69, 9.17) is 4.74 Å². The zero-order valence-corrected chi connectivity index (χ0v) is 11.0. The van der Waals surface area contributed by atoms with Crippen molar-refractivity contribution in [3.63, 3.8) is 0 Å². The van der Waals surface area contributed by atoms with Gasteiger partial charge in [0.15, 0.2) is 0 Å². The van der Waals surface area contributed by atoms with Crippen LogP contribution in [0.1, 0.15) is 24.2 Å². The molecule has 1 aromatic heterocycles. The largest absolute Gasteiger partial charge is 0.465 e. The van der Waals surface area contributed by atoms with Crippen molar-refractivity contribution in [1.29, 1.82) is 0 Å². The predicted octanol–water partition coefficient (Wildman–Crippen LogP) is 1.05. The number of carbonyl (C=O) groups excluding carboxylic acids is 1. The third-order valence-electron chi connectivity index (χ3n) is 3.23. The molecular weight excluding hydrogens is 230 g/mol. The number of aromatic nitrogens is 1. The number of methoxy groups -OCH3 is 1. The Morgan fingerprint density at radius 1 is 1.56 bits per heavy atom. The summed E-state index contributed by atoms with van der Waals surface area (Å²) in [5, 5.41) is 3.41. The molecule has 0 bridgehead atoms. The Labute approximate surface area is 107 Å². The minimum absolute atomic E-state index is 0.305. The summed E-state index contributed by atoms with van der Waals surface area (Å²) in [4.78, 5) is 18.3. The number of nitrogens with zero attached hydrogens (tertiary/aromatic N) is 2. The van der Waals surface area contributed by atoms with Gasteiger partial charge in [0, 0.05) is 31.4 Å². The van der Waals surface area contributed by atoms with E-state index in [0.717, 1.165) is 13.1 Å². The first-order valence-corrected chi connectivity index (χ1v) is 6.17. The topological polar surface area (TPSA) is 54.5 Å². The van der Waals surface area contributed by atoms with E-state index < -0.39 is 0 Å². The van der Waals surface area contributed by atoms with Crippen molar-refractivity contribution < 1.29 is 9.53 Å². The number of ether oxygens (including phenoxy) is 1. The minimum Gasteiger partial charge on any atom is -0.465 e. The maximum absolute atomic E-state index is 11.8. The Kier molecular flexibility index (Phi) is 3.81. The molecule has 98 valence electrons. The summed E-state index contributed by atoms with van der Waals surface area (Å²) >= 11 is 0. The molecule has 1 fully saturated rings. The molecule has 0 saturated carbocycles. The van der Waals surface area contributed by atoms with E-state index in [1.165, 1.54) is 7.11 Å². The number of piperazine rings is 1. The summed E-state index contributed by atoms with van der Waals surface area (Å²) in [5.74, 6) is 0.377. The molecule has 2 unspecified atom stereocenters. The molecule has 2 rings (SSSR count). The first-order chi connectivity index (χ1) is 8.63. The van der Waals surface area contributed by atoms with E-state index in [0.29, 0.717) is 23.5 Å². The molecule has 0 amide bonds. The van der Waals surface area contributed by atoms with Gasteiger partial charge < -0.3 is 15.0 Å². The number of anilines is 1. The number of nitrogens with one attached hydrogen (secondary N) is 1. The lowest BCUT2D eigenvalue weighted by molar-refractivity contribution is 0.0601. The van der Waals surface area contributed by atoms with Crippen LogP contribution in [0.2, 0.25) is 0 Å². The average molecular weight is 249 g/mol. The van der Waals surface area contributed by atoms with Gasteiger partial charge in [-0.2, -0.15) is 0 Å². The third kappa shape index (κ3) is 2.46. The molecule has 2 atom stereocenters. The number of hydrogen-bond acceptors (Lipinski definition) is 5. The van der Waals surface area contributed by atoms with Gasteiger partial charge in [-0.1, -0.05) is 0 Å². The standard InChI is InChI=1S/C13H19N3O2/c1-9-8-16(10(2)7-15-9)12-11(13(17)18-3)5-4-6-14-12/h4-6,9-10,15H,7-8H2,1-3H3. The molecule has 0 radical (unpaired) electrons. The SMILES string of the molecule is COC(=O)c1cccnc1N1CC(C)NCC1C. The zero-order valence-electron chi connectivity index (χ0n) is 11.0. The molecule has 0 aliphatic carbocycles. The second-order valence-electron chi connectivity index (χ2n) is 4.68. The van der Waals surface area contributed by atoms with E-state index >= 15 is 0 Å². The summed E-state index contributed by atoms with van der Waals surface area (Å²) in [6, 6.07) is 4.20. The molecule has 1 aliphatic heterocycles. The number of carbonyl (C=O) groups is 1. The number of esters is 1. The molecule has 1 N–H and O–H groups in total. The Morgan fingerprint density at radius 3 is 3.06 bits per heavy atom. The maximum atomic E-state index is 11.8. The summed E-state index contributed by atoms with van der Waals surface area (Å²) in [6.45, 7) is 5.97. The van der Waals surface area contributed by atoms with Crippen molar-refractivity contribution in [2.75, 3.05) is 25.1 Å². The van der Waals surface area contributed by atoms with Crippen LogP contribution in [-0.4, -0.2) is 43.2 Å². The maximum Gasteiger partial charge on any atom is 0.341 e. The molecule has 1 aromatic rings. The van der Waals surface area contributed by atoms with Crippen LogP contribution in [0.25, 0.3) is 0 Å². The highest BCUT2D eigenvalue weighted by atomic mass is 16.5. The Hall–Kier alpha value is -1.62. The van der Waals surface area contributed by atoms with Crippen molar-refractivity contribution in [2.45, 2.75) is 25.9 Å². The van der Waals surface area contributed by atoms with E-state index in [9.17, 15) is 4.79 Å². The first kappa shape index (κ1) is 12.8. The average Bonchev–Trinajstić information content (AvgIpc) is 2.40. The molecule has 2 heterocycles. The highest BCUT2D eigenvalue weighted by Crippen LogP contribution is 2.22. The van der Waals surface area contributed by atoms with E-state index in [1.54, 1.807) is 18.3 Å². The zero-order chi connectivity index (χ0) is 13.1. The molecule has 0 aromatic carbocycles. The number of hydrogen-bond donors (Lipinski definition) is 1. The van der Waals surface area contributed by atoms with Crippen molar-refractivity contribution in [3.8, 4) is 0 Å². The highest BCUT2D eigenvalue weighted by molar-refractivity contribution is 5.94. The summed E-state index contributed by atoms with van der Waals surface area (Å²) < 4.78 is 4.81. The fourth-order valence-corrected chi connectivity index (χ4v) is 2.21. The normalized spacial score (nSPS) is 23.8. The lowest BCUT2D eigenvalue weighted by Crippen LogP contribution is -2.55. The van der Waals surface area contributed by atoms with Gasteiger partial charge >= 0.3 is 5.97 Å². The fourth-order valence-electron chi connectivity index (χ4n) is 2.21. The molecule has 1 saturated heterocycles. The quantitative estimate of drug-likeness (QED) is 0.794. The predicted molar refractivity (Wildman–Crippen MR) is 69.8 cm³/mol. The van der Waals surface area contributed by atoms with Gasteiger partial charge in [-0.25, -0.2) is 9.78 Å². The summed E-state index contributed by atoms with van der Waals surface area (Å²) in [5.41, 5.74) is 0.529. The summed E-state index contributed by atoms with van der Waals surface area (Å²) in [7, 11) is 1.39. The van der Waals surface area contributed by atoms with Gasteiger partial charge in [-0.15, -0.1) is 0 Å². The smallest absolute Gasteiger partial charge is 0.341 e. The van der Waals surface area contributed by atoms with Crippen molar-refractivity contribution in [3.05, 3.63) is 23.9 Å². The van der Waals surface area contributed by atoms with Gasteiger partial charge in [0.1, 0.15) is 11.4 Å². The van der Waals surface area contributed by atoms with Crippen molar-refractivity contribution in [1.82, 2.24) is 10.3 Å². The van der Waals surface area contributed by atoms with Crippen LogP contribution in [0.3, 0.4) is 0 Å². The molecule has 1 aliphatic rings. The van der Waals surface area contributed by atoms with Crippen LogP contribution >= 0.6 is 0 Å². The molecule has 18 heavy (non-hydrogen) atoms. The van der Waals surface area contributed by atoms with Crippen LogP contribution in [-0.2, 0) is 4.74 Å². The molecule has 5 heteroatoms. The van der Waals surface area contributed by atoms with E-state index in [1.807, 2.05) is 0 Å². The van der Waals surface area contributed by atoms with E-state index in [-0.39, 0.29) is 5.97 Å². The van der Waals surface area contributed by atoms with E-state index in [2.05, 4.69) is 29.0 Å². The molecule has 5 nitrogen and oxygen atoms in total. The second-order valence-corrected chi connectivity index (χ2v) is 4.68. The van der Waals surface area contributed by atoms with Gasteiger partial charge in [-0.3, -0.25) is 0 Å². The van der Waals surface area contributed by atoms with Crippen LogP contribution < -0.4 is 10.2 Å². The molecule has 0 spiro atoms. The van der Waals surface area contributed by atoms with Crippen LogP contribution in [0, 0.1) is 0 Å².